The van der Waals surface area contributed by atoms with Crippen LogP contribution in [0.2, 0.25) is 0 Å². The molecule has 4 rings (SSSR count). The van der Waals surface area contributed by atoms with Gasteiger partial charge in [-0.2, -0.15) is 0 Å². The van der Waals surface area contributed by atoms with Gasteiger partial charge >= 0.3 is 193 Å². The molecule has 2 saturated heterocycles. The van der Waals surface area contributed by atoms with Gasteiger partial charge in [-0.25, -0.2) is 0 Å². The first-order valence-electron chi connectivity index (χ1n) is 10.5. The topological polar surface area (TPSA) is 86.8 Å². The first kappa shape index (κ1) is 23.8. The average Bonchev–Trinajstić information content (AvgIpc) is 3.34. The van der Waals surface area contributed by atoms with Gasteiger partial charge < -0.3 is 0 Å². The number of carbonyl (C=O) groups is 2. The van der Waals surface area contributed by atoms with Crippen molar-refractivity contribution in [1.29, 1.82) is 0 Å². The molecule has 0 bridgehead atoms. The second-order valence-corrected chi connectivity index (χ2v) is 11.8. The van der Waals surface area contributed by atoms with E-state index >= 15 is 0 Å². The molecule has 0 amide bonds. The summed E-state index contributed by atoms with van der Waals surface area (Å²) in [7, 11) is 3.32. The molecule has 10 heteroatoms. The van der Waals surface area contributed by atoms with Crippen molar-refractivity contribution in [2.75, 3.05) is 48.5 Å². The van der Waals surface area contributed by atoms with E-state index in [-0.39, 0.29) is 6.61 Å². The average molecular weight is 476 g/mol. The first-order valence-corrected chi connectivity index (χ1v) is 12.4. The van der Waals surface area contributed by atoms with E-state index in [1.807, 2.05) is 0 Å². The van der Waals surface area contributed by atoms with Crippen molar-refractivity contribution >= 4 is 19.5 Å². The summed E-state index contributed by atoms with van der Waals surface area (Å²) in [6.45, 7) is 0.749. The van der Waals surface area contributed by atoms with Gasteiger partial charge in [0.2, 0.25) is 0 Å². The number of methoxy groups -OCH3 is 2. The second kappa shape index (κ2) is 8.13. The Kier molecular flexibility index (Phi) is 5.85. The monoisotopic (exact) mass is 476 g/mol. The summed E-state index contributed by atoms with van der Waals surface area (Å²) in [4.78, 5) is 27.7. The number of nitrogens with zero attached hydrogens (tertiary/aromatic N) is 2. The zero-order chi connectivity index (χ0) is 23.9. The van der Waals surface area contributed by atoms with Crippen molar-refractivity contribution in [3.63, 3.8) is 0 Å². The van der Waals surface area contributed by atoms with Crippen molar-refractivity contribution in [3.05, 3.63) is 71.8 Å². The molecule has 2 aliphatic rings. The normalized spacial score (nSPS) is 29.5. The van der Waals surface area contributed by atoms with Gasteiger partial charge in [-0.1, -0.05) is 0 Å². The summed E-state index contributed by atoms with van der Waals surface area (Å²) < 4.78 is 34.1. The van der Waals surface area contributed by atoms with Gasteiger partial charge in [0.15, 0.2) is 0 Å². The summed E-state index contributed by atoms with van der Waals surface area (Å²) >= 11 is 0. The Labute approximate surface area is 193 Å². The molecule has 1 spiro atoms. The van der Waals surface area contributed by atoms with Crippen molar-refractivity contribution in [1.82, 2.24) is 9.34 Å². The van der Waals surface area contributed by atoms with E-state index in [9.17, 15) is 9.59 Å². The second-order valence-electron chi connectivity index (χ2n) is 8.12. The number of carbonyl (C=O) groups excluding carboxylic acids is 2. The van der Waals surface area contributed by atoms with Crippen molar-refractivity contribution in [2.45, 2.75) is 11.2 Å². The fourth-order valence-corrected chi connectivity index (χ4v) is 8.88. The van der Waals surface area contributed by atoms with E-state index in [1.54, 1.807) is 91.1 Å². The van der Waals surface area contributed by atoms with Gasteiger partial charge in [0.1, 0.15) is 0 Å². The summed E-state index contributed by atoms with van der Waals surface area (Å²) in [5, 5.41) is 0. The Morgan fingerprint density at radius 1 is 0.879 bits per heavy atom. The molecule has 2 heterocycles. The SMILES string of the molecule is COC(=O)[C@@]1(c2ccccc2)OP2(N(C)C)(OCCN2C)O[C@@]1(C(=O)OC)c1ccccc1. The predicted molar refractivity (Wildman–Crippen MR) is 122 cm³/mol. The maximum atomic E-state index is 13.9. The minimum atomic E-state index is -4.44. The number of rotatable bonds is 5. The molecule has 0 aliphatic carbocycles. The number of benzene rings is 2. The summed E-state index contributed by atoms with van der Waals surface area (Å²) in [5.74, 6) is -1.62. The van der Waals surface area contributed by atoms with Gasteiger partial charge in [0.25, 0.3) is 0 Å². The molecule has 2 atom stereocenters. The molecule has 2 aliphatic heterocycles. The van der Waals surface area contributed by atoms with E-state index in [4.69, 9.17) is 23.0 Å². The fraction of sp³-hybridized carbons (Fsp3) is 0.391. The molecule has 2 fully saturated rings. The van der Waals surface area contributed by atoms with Crippen LogP contribution in [-0.2, 0) is 43.8 Å². The standard InChI is InChI=1S/C23H29N2O7P/c1-24(2)33(25(3)16-17-30-33)31-22(20(26)28-4,18-12-8-6-9-13-18)23(32-33,21(27)29-5)19-14-10-7-11-15-19/h6-15H,16-17H2,1-5H3/t22-,23-/m1/s1. The van der Waals surface area contributed by atoms with Gasteiger partial charge in [-0.15, -0.1) is 0 Å². The summed E-state index contributed by atoms with van der Waals surface area (Å²) in [5.41, 5.74) is -3.40. The number of ether oxygens (including phenoxy) is 2. The van der Waals surface area contributed by atoms with Gasteiger partial charge in [0.05, 0.1) is 0 Å². The van der Waals surface area contributed by atoms with Crippen LogP contribution in [0.25, 0.3) is 0 Å². The Bertz CT molecular complexity index is 984. The number of likely N-dealkylation sites (N-methyl/N-ethyl adjacent to an activating group) is 1. The number of hydrogen-bond donors (Lipinski definition) is 0. The Morgan fingerprint density at radius 3 is 1.61 bits per heavy atom. The van der Waals surface area contributed by atoms with Crippen LogP contribution in [0.15, 0.2) is 60.7 Å². The first-order chi connectivity index (χ1) is 15.7. The Balaban J connectivity index is 2.20. The predicted octanol–water partition coefficient (Wildman–Crippen LogP) is 2.82. The van der Waals surface area contributed by atoms with E-state index in [0.29, 0.717) is 17.7 Å². The van der Waals surface area contributed by atoms with Crippen molar-refractivity contribution in [3.8, 4) is 0 Å². The molecule has 0 saturated carbocycles. The fourth-order valence-electron chi connectivity index (χ4n) is 4.73. The molecule has 2 aromatic rings. The third kappa shape index (κ3) is 2.87. The van der Waals surface area contributed by atoms with Crippen LogP contribution >= 0.6 is 7.59 Å². The number of hydrogen-bond acceptors (Lipinski definition) is 9. The van der Waals surface area contributed by atoms with E-state index < -0.39 is 30.7 Å². The van der Waals surface area contributed by atoms with Gasteiger partial charge in [-0.3, -0.25) is 0 Å². The van der Waals surface area contributed by atoms with E-state index in [1.165, 1.54) is 14.2 Å². The third-order valence-electron chi connectivity index (χ3n) is 6.36. The molecule has 0 aromatic heterocycles. The van der Waals surface area contributed by atoms with Gasteiger partial charge in [0, 0.05) is 0 Å². The molecule has 0 N–H and O–H groups in total. The van der Waals surface area contributed by atoms with E-state index in [0.717, 1.165) is 0 Å². The van der Waals surface area contributed by atoms with E-state index in [2.05, 4.69) is 0 Å². The molecule has 0 unspecified atom stereocenters. The van der Waals surface area contributed by atoms with Crippen LogP contribution in [0.4, 0.5) is 0 Å². The van der Waals surface area contributed by atoms with Gasteiger partial charge in [-0.05, 0) is 0 Å². The molecule has 0 radical (unpaired) electrons. The van der Waals surface area contributed by atoms with Crippen LogP contribution in [0.1, 0.15) is 11.1 Å². The van der Waals surface area contributed by atoms with Crippen molar-refractivity contribution in [2.24, 2.45) is 0 Å². The van der Waals surface area contributed by atoms with Crippen LogP contribution < -0.4 is 0 Å². The summed E-state index contributed by atoms with van der Waals surface area (Å²) in [6.07, 6.45) is 0. The van der Waals surface area contributed by atoms with Crippen LogP contribution in [0.5, 0.6) is 0 Å². The third-order valence-corrected chi connectivity index (χ3v) is 10.8. The molecule has 178 valence electrons. The molecular weight excluding hydrogens is 447 g/mol. The van der Waals surface area contributed by atoms with Crippen LogP contribution in [0.3, 0.4) is 0 Å². The minimum absolute atomic E-state index is 0.282. The molecule has 9 nitrogen and oxygen atoms in total. The molecular formula is C23H29N2O7P. The summed E-state index contributed by atoms with van der Waals surface area (Å²) in [6, 6.07) is 17.4. The zero-order valence-corrected chi connectivity index (χ0v) is 20.3. The molecule has 2 aromatic carbocycles. The van der Waals surface area contributed by atoms with Crippen molar-refractivity contribution < 1.29 is 32.6 Å². The van der Waals surface area contributed by atoms with Crippen LogP contribution in [0, 0.1) is 0 Å². The maximum absolute atomic E-state index is 13.9. The van der Waals surface area contributed by atoms with Crippen LogP contribution in [-0.4, -0.2) is 69.8 Å². The number of esters is 2. The molecule has 33 heavy (non-hydrogen) atoms. The Hall–Kier alpha value is -2.39. The Morgan fingerprint density at radius 2 is 1.30 bits per heavy atom. The quantitative estimate of drug-likeness (QED) is 0.478. The zero-order valence-electron chi connectivity index (χ0n) is 19.4.